The molecule has 0 unspecified atom stereocenters. The number of rotatable bonds is 3. The lowest BCUT2D eigenvalue weighted by Gasteiger charge is -2.18. The van der Waals surface area contributed by atoms with E-state index in [-0.39, 0.29) is 0 Å². The van der Waals surface area contributed by atoms with Crippen LogP contribution in [0.5, 0.6) is 11.5 Å². The highest BCUT2D eigenvalue weighted by atomic mass is 16.3. The lowest BCUT2D eigenvalue weighted by Crippen LogP contribution is -2.02. The Labute approximate surface area is 196 Å². The zero-order valence-electron chi connectivity index (χ0n) is 18.4. The van der Waals surface area contributed by atoms with Gasteiger partial charge in [0.1, 0.15) is 11.5 Å². The van der Waals surface area contributed by atoms with E-state index in [2.05, 4.69) is 91.0 Å². The number of phenols is 2. The van der Waals surface area contributed by atoms with Gasteiger partial charge in [-0.2, -0.15) is 0 Å². The summed E-state index contributed by atoms with van der Waals surface area (Å²) in [6.45, 7) is 0. The molecular weight excluding hydrogens is 404 g/mol. The molecule has 0 fully saturated rings. The largest absolute Gasteiger partial charge is 0.508 e. The summed E-state index contributed by atoms with van der Waals surface area (Å²) in [5, 5.41) is 17.3. The normalized spacial score (nSPS) is 9.73. The SMILES string of the molecule is Oc1ccccc1.Oc1ccccc1.c1ccc(C(c2ccccc2)c2ccccc2)cc1. The first-order valence-corrected chi connectivity index (χ1v) is 10.9. The highest BCUT2D eigenvalue weighted by Crippen LogP contribution is 2.31. The van der Waals surface area contributed by atoms with Crippen LogP contribution in [0.4, 0.5) is 0 Å². The van der Waals surface area contributed by atoms with Crippen molar-refractivity contribution in [3.63, 3.8) is 0 Å². The quantitative estimate of drug-likeness (QED) is 0.287. The third-order valence-electron chi connectivity index (χ3n) is 4.91. The van der Waals surface area contributed by atoms with Crippen LogP contribution in [0.1, 0.15) is 22.6 Å². The summed E-state index contributed by atoms with van der Waals surface area (Å²) in [6.07, 6.45) is 0. The van der Waals surface area contributed by atoms with Gasteiger partial charge in [-0.05, 0) is 41.0 Å². The molecule has 0 aliphatic heterocycles. The van der Waals surface area contributed by atoms with Crippen molar-refractivity contribution in [2.75, 3.05) is 0 Å². The lowest BCUT2D eigenvalue weighted by molar-refractivity contribution is 0.475. The molecule has 0 aromatic heterocycles. The molecule has 0 saturated heterocycles. The standard InChI is InChI=1S/C19H16.2C6H6O/c1-4-10-16(11-5-1)19(17-12-6-2-7-13-17)18-14-8-3-9-15-18;2*7-6-4-2-1-3-5-6/h1-15,19H;2*1-5,7H. The van der Waals surface area contributed by atoms with E-state index in [0.717, 1.165) is 0 Å². The fourth-order valence-corrected chi connectivity index (χ4v) is 3.37. The van der Waals surface area contributed by atoms with Crippen molar-refractivity contribution in [1.82, 2.24) is 0 Å². The molecule has 0 amide bonds. The van der Waals surface area contributed by atoms with Crippen LogP contribution < -0.4 is 0 Å². The maximum Gasteiger partial charge on any atom is 0.115 e. The third kappa shape index (κ3) is 8.04. The Morgan fingerprint density at radius 1 is 0.303 bits per heavy atom. The molecule has 5 aromatic carbocycles. The molecule has 0 aliphatic rings. The summed E-state index contributed by atoms with van der Waals surface area (Å²) < 4.78 is 0. The highest BCUT2D eigenvalue weighted by Gasteiger charge is 2.15. The number of hydrogen-bond acceptors (Lipinski definition) is 2. The molecule has 2 heteroatoms. The second-order valence-corrected chi connectivity index (χ2v) is 7.34. The minimum absolute atomic E-state index is 0.309. The number of phenolic OH excluding ortho intramolecular Hbond substituents is 2. The third-order valence-corrected chi connectivity index (χ3v) is 4.91. The van der Waals surface area contributed by atoms with Crippen molar-refractivity contribution in [3.8, 4) is 11.5 Å². The zero-order chi connectivity index (χ0) is 23.1. The topological polar surface area (TPSA) is 40.5 Å². The fraction of sp³-hybridized carbons (Fsp3) is 0.0323. The van der Waals surface area contributed by atoms with Gasteiger partial charge in [0.2, 0.25) is 0 Å². The van der Waals surface area contributed by atoms with E-state index in [4.69, 9.17) is 10.2 Å². The Morgan fingerprint density at radius 2 is 0.515 bits per heavy atom. The second-order valence-electron chi connectivity index (χ2n) is 7.34. The number of hydrogen-bond donors (Lipinski definition) is 2. The predicted octanol–water partition coefficient (Wildman–Crippen LogP) is 7.65. The zero-order valence-corrected chi connectivity index (χ0v) is 18.4. The van der Waals surface area contributed by atoms with Crippen molar-refractivity contribution in [2.24, 2.45) is 0 Å². The van der Waals surface area contributed by atoms with Gasteiger partial charge in [-0.15, -0.1) is 0 Å². The molecule has 5 aromatic rings. The Bertz CT molecular complexity index is 1010. The summed E-state index contributed by atoms with van der Waals surface area (Å²) in [7, 11) is 0. The minimum atomic E-state index is 0.309. The summed E-state index contributed by atoms with van der Waals surface area (Å²) in [5.41, 5.74) is 4.00. The van der Waals surface area contributed by atoms with Crippen LogP contribution in [0.2, 0.25) is 0 Å². The van der Waals surface area contributed by atoms with Gasteiger partial charge in [-0.25, -0.2) is 0 Å². The summed E-state index contributed by atoms with van der Waals surface area (Å²) in [4.78, 5) is 0. The Kier molecular flexibility index (Phi) is 9.34. The molecule has 2 nitrogen and oxygen atoms in total. The van der Waals surface area contributed by atoms with Crippen LogP contribution in [0.25, 0.3) is 0 Å². The minimum Gasteiger partial charge on any atom is -0.508 e. The predicted molar refractivity (Wildman–Crippen MR) is 136 cm³/mol. The van der Waals surface area contributed by atoms with E-state index in [9.17, 15) is 0 Å². The molecule has 2 N–H and O–H groups in total. The first kappa shape index (κ1) is 23.4. The Hall–Kier alpha value is -4.30. The molecule has 0 bridgehead atoms. The van der Waals surface area contributed by atoms with E-state index in [0.29, 0.717) is 17.4 Å². The average molecular weight is 433 g/mol. The van der Waals surface area contributed by atoms with Gasteiger partial charge in [-0.1, -0.05) is 127 Å². The van der Waals surface area contributed by atoms with Gasteiger partial charge in [0, 0.05) is 5.92 Å². The molecule has 0 aliphatic carbocycles. The first-order valence-electron chi connectivity index (χ1n) is 10.9. The molecule has 0 saturated carbocycles. The molecule has 33 heavy (non-hydrogen) atoms. The van der Waals surface area contributed by atoms with E-state index >= 15 is 0 Å². The molecule has 0 radical (unpaired) electrons. The second kappa shape index (κ2) is 13.2. The molecule has 164 valence electrons. The van der Waals surface area contributed by atoms with E-state index < -0.39 is 0 Å². The molecule has 0 atom stereocenters. The Balaban J connectivity index is 0.000000178. The van der Waals surface area contributed by atoms with Crippen LogP contribution >= 0.6 is 0 Å². The summed E-state index contributed by atoms with van der Waals surface area (Å²) >= 11 is 0. The van der Waals surface area contributed by atoms with Crippen molar-refractivity contribution in [2.45, 2.75) is 5.92 Å². The van der Waals surface area contributed by atoms with E-state index in [1.807, 2.05) is 12.1 Å². The van der Waals surface area contributed by atoms with Crippen LogP contribution in [-0.2, 0) is 0 Å². The van der Waals surface area contributed by atoms with Gasteiger partial charge >= 0.3 is 0 Å². The van der Waals surface area contributed by atoms with Gasteiger partial charge in [0.05, 0.1) is 0 Å². The van der Waals surface area contributed by atoms with Gasteiger partial charge in [-0.3, -0.25) is 0 Å². The molecule has 0 heterocycles. The molecule has 5 rings (SSSR count). The van der Waals surface area contributed by atoms with Crippen LogP contribution in [0, 0.1) is 0 Å². The van der Waals surface area contributed by atoms with Crippen molar-refractivity contribution >= 4 is 0 Å². The monoisotopic (exact) mass is 432 g/mol. The highest BCUT2D eigenvalue weighted by molar-refractivity contribution is 5.42. The van der Waals surface area contributed by atoms with Crippen molar-refractivity contribution in [3.05, 3.63) is 168 Å². The fourth-order valence-electron chi connectivity index (χ4n) is 3.37. The van der Waals surface area contributed by atoms with Crippen LogP contribution in [-0.4, -0.2) is 10.2 Å². The summed E-state index contributed by atoms with van der Waals surface area (Å²) in [5.74, 6) is 0.952. The number of aromatic hydroxyl groups is 2. The van der Waals surface area contributed by atoms with Crippen molar-refractivity contribution < 1.29 is 10.2 Å². The van der Waals surface area contributed by atoms with Crippen LogP contribution in [0.15, 0.2) is 152 Å². The lowest BCUT2D eigenvalue weighted by atomic mass is 9.85. The molecule has 0 spiro atoms. The number of para-hydroxylation sites is 2. The van der Waals surface area contributed by atoms with Crippen LogP contribution in [0.3, 0.4) is 0 Å². The Morgan fingerprint density at radius 3 is 0.697 bits per heavy atom. The van der Waals surface area contributed by atoms with E-state index in [1.54, 1.807) is 48.5 Å². The molecular formula is C31H28O2. The maximum atomic E-state index is 8.63. The van der Waals surface area contributed by atoms with Gasteiger partial charge in [0.25, 0.3) is 0 Å². The van der Waals surface area contributed by atoms with E-state index in [1.165, 1.54) is 16.7 Å². The smallest absolute Gasteiger partial charge is 0.115 e. The first-order chi connectivity index (χ1) is 16.2. The maximum absolute atomic E-state index is 8.63. The van der Waals surface area contributed by atoms with Crippen molar-refractivity contribution in [1.29, 1.82) is 0 Å². The summed E-state index contributed by atoms with van der Waals surface area (Å²) in [6, 6.07) is 49.5. The average Bonchev–Trinajstić information content (AvgIpc) is 2.88. The number of benzene rings is 5. The van der Waals surface area contributed by atoms with Gasteiger partial charge < -0.3 is 10.2 Å². The van der Waals surface area contributed by atoms with Gasteiger partial charge in [0.15, 0.2) is 0 Å².